The summed E-state index contributed by atoms with van der Waals surface area (Å²) in [5.41, 5.74) is 5.49. The molecule has 2 heterocycles. The SMILES string of the molecule is NCCc1nc(C(=O)c2cnc(C(F)(F)F)s2)cs1. The highest BCUT2D eigenvalue weighted by Crippen LogP contribution is 2.33. The number of nitrogens with two attached hydrogens (primary N) is 1. The van der Waals surface area contributed by atoms with Gasteiger partial charge in [-0.2, -0.15) is 13.2 Å². The van der Waals surface area contributed by atoms with Crippen LogP contribution in [0.3, 0.4) is 0 Å². The van der Waals surface area contributed by atoms with Gasteiger partial charge in [0.25, 0.3) is 0 Å². The first-order valence-electron chi connectivity index (χ1n) is 5.14. The number of rotatable bonds is 4. The number of carbonyl (C=O) groups excluding carboxylic acids is 1. The summed E-state index contributed by atoms with van der Waals surface area (Å²) >= 11 is 1.58. The lowest BCUT2D eigenvalue weighted by molar-refractivity contribution is -0.137. The molecule has 4 nitrogen and oxygen atoms in total. The van der Waals surface area contributed by atoms with E-state index < -0.39 is 17.0 Å². The van der Waals surface area contributed by atoms with Gasteiger partial charge in [-0.15, -0.1) is 22.7 Å². The van der Waals surface area contributed by atoms with Crippen LogP contribution in [-0.2, 0) is 12.6 Å². The Morgan fingerprint density at radius 2 is 2.16 bits per heavy atom. The van der Waals surface area contributed by atoms with Crippen molar-refractivity contribution in [1.29, 1.82) is 0 Å². The molecule has 2 aromatic rings. The van der Waals surface area contributed by atoms with Gasteiger partial charge in [-0.1, -0.05) is 0 Å². The molecule has 0 bridgehead atoms. The second kappa shape index (κ2) is 5.35. The van der Waals surface area contributed by atoms with Crippen LogP contribution in [0.25, 0.3) is 0 Å². The highest BCUT2D eigenvalue weighted by molar-refractivity contribution is 7.14. The predicted octanol–water partition coefficient (Wildman–Crippen LogP) is 2.35. The summed E-state index contributed by atoms with van der Waals surface area (Å²) < 4.78 is 37.1. The zero-order valence-corrected chi connectivity index (χ0v) is 11.0. The molecule has 2 rings (SSSR count). The van der Waals surface area contributed by atoms with Crippen molar-refractivity contribution in [2.75, 3.05) is 6.54 Å². The zero-order chi connectivity index (χ0) is 14.0. The number of aromatic nitrogens is 2. The van der Waals surface area contributed by atoms with Crippen molar-refractivity contribution < 1.29 is 18.0 Å². The molecule has 19 heavy (non-hydrogen) atoms. The average molecular weight is 307 g/mol. The van der Waals surface area contributed by atoms with Gasteiger partial charge in [-0.25, -0.2) is 9.97 Å². The van der Waals surface area contributed by atoms with Gasteiger partial charge in [0.1, 0.15) is 5.69 Å². The maximum atomic E-state index is 12.4. The Bertz CT molecular complexity index is 591. The van der Waals surface area contributed by atoms with Crippen molar-refractivity contribution in [2.45, 2.75) is 12.6 Å². The van der Waals surface area contributed by atoms with Crippen molar-refractivity contribution in [1.82, 2.24) is 9.97 Å². The van der Waals surface area contributed by atoms with Crippen LogP contribution in [0.15, 0.2) is 11.6 Å². The van der Waals surface area contributed by atoms with Gasteiger partial charge in [0.05, 0.1) is 9.88 Å². The third kappa shape index (κ3) is 3.17. The number of halogens is 3. The summed E-state index contributed by atoms with van der Waals surface area (Å²) in [6, 6.07) is 0. The second-order valence-electron chi connectivity index (χ2n) is 3.52. The number of ketones is 1. The fourth-order valence-electron chi connectivity index (χ4n) is 1.29. The van der Waals surface area contributed by atoms with E-state index in [9.17, 15) is 18.0 Å². The molecule has 0 aliphatic carbocycles. The van der Waals surface area contributed by atoms with Crippen LogP contribution in [-0.4, -0.2) is 22.3 Å². The Hall–Kier alpha value is -1.32. The van der Waals surface area contributed by atoms with Crippen molar-refractivity contribution in [3.8, 4) is 0 Å². The van der Waals surface area contributed by atoms with Crippen LogP contribution in [0.1, 0.15) is 25.4 Å². The van der Waals surface area contributed by atoms with Crippen molar-refractivity contribution in [3.05, 3.63) is 32.2 Å². The molecule has 0 radical (unpaired) electrons. The molecule has 0 fully saturated rings. The molecular formula is C10H8F3N3OS2. The lowest BCUT2D eigenvalue weighted by Crippen LogP contribution is -2.04. The fraction of sp³-hybridized carbons (Fsp3) is 0.300. The van der Waals surface area contributed by atoms with Gasteiger partial charge in [0, 0.05) is 18.0 Å². The Balaban J connectivity index is 2.21. The first-order chi connectivity index (χ1) is 8.91. The lowest BCUT2D eigenvalue weighted by Gasteiger charge is -1.98. The van der Waals surface area contributed by atoms with E-state index in [1.165, 1.54) is 16.7 Å². The number of alkyl halides is 3. The average Bonchev–Trinajstić information content (AvgIpc) is 2.96. The minimum absolute atomic E-state index is 0.0723. The van der Waals surface area contributed by atoms with Gasteiger partial charge in [0.2, 0.25) is 5.78 Å². The quantitative estimate of drug-likeness (QED) is 0.880. The van der Waals surface area contributed by atoms with Crippen LogP contribution in [0, 0.1) is 0 Å². The van der Waals surface area contributed by atoms with Gasteiger partial charge in [-0.3, -0.25) is 4.79 Å². The molecule has 0 amide bonds. The molecule has 102 valence electrons. The standard InChI is InChI=1S/C10H8F3N3OS2/c11-10(12,13)9-15-3-6(19-9)8(17)5-4-18-7(16-5)1-2-14/h3-4H,1-2,14H2. The number of hydrogen-bond donors (Lipinski definition) is 1. The summed E-state index contributed by atoms with van der Waals surface area (Å²) in [5, 5.41) is 1.17. The lowest BCUT2D eigenvalue weighted by atomic mass is 10.3. The zero-order valence-electron chi connectivity index (χ0n) is 9.40. The Kier molecular flexibility index (Phi) is 3.97. The maximum absolute atomic E-state index is 12.4. The molecule has 2 N–H and O–H groups in total. The summed E-state index contributed by atoms with van der Waals surface area (Å²) in [6.07, 6.45) is -3.07. The van der Waals surface area contributed by atoms with E-state index in [2.05, 4.69) is 9.97 Å². The van der Waals surface area contributed by atoms with Gasteiger partial charge >= 0.3 is 6.18 Å². The minimum Gasteiger partial charge on any atom is -0.330 e. The van der Waals surface area contributed by atoms with E-state index in [1.54, 1.807) is 0 Å². The molecule has 9 heteroatoms. The third-order valence-corrected chi connectivity index (χ3v) is 4.06. The van der Waals surface area contributed by atoms with E-state index in [4.69, 9.17) is 5.73 Å². The van der Waals surface area contributed by atoms with E-state index in [-0.39, 0.29) is 10.6 Å². The van der Waals surface area contributed by atoms with Crippen molar-refractivity contribution >= 4 is 28.5 Å². The number of nitrogens with zero attached hydrogens (tertiary/aromatic N) is 2. The number of hydrogen-bond acceptors (Lipinski definition) is 6. The summed E-state index contributed by atoms with van der Waals surface area (Å²) in [7, 11) is 0. The van der Waals surface area contributed by atoms with Crippen LogP contribution < -0.4 is 5.73 Å². The molecule has 0 aliphatic rings. The van der Waals surface area contributed by atoms with Gasteiger partial charge in [0.15, 0.2) is 5.01 Å². The minimum atomic E-state index is -4.53. The first-order valence-corrected chi connectivity index (χ1v) is 6.83. The summed E-state index contributed by atoms with van der Waals surface area (Å²) in [5.74, 6) is -0.549. The van der Waals surface area contributed by atoms with Crippen molar-refractivity contribution in [3.63, 3.8) is 0 Å². The van der Waals surface area contributed by atoms with Crippen LogP contribution in [0.5, 0.6) is 0 Å². The third-order valence-electron chi connectivity index (χ3n) is 2.11. The Morgan fingerprint density at radius 3 is 2.74 bits per heavy atom. The van der Waals surface area contributed by atoms with Crippen LogP contribution in [0.4, 0.5) is 13.2 Å². The molecule has 0 unspecified atom stereocenters. The molecule has 0 saturated carbocycles. The Labute approximate surface area is 114 Å². The smallest absolute Gasteiger partial charge is 0.330 e. The molecule has 0 saturated heterocycles. The molecule has 2 aromatic heterocycles. The topological polar surface area (TPSA) is 68.9 Å². The molecular weight excluding hydrogens is 299 g/mol. The van der Waals surface area contributed by atoms with E-state index in [1.807, 2.05) is 0 Å². The molecule has 0 atom stereocenters. The second-order valence-corrected chi connectivity index (χ2v) is 5.50. The van der Waals surface area contributed by atoms with Crippen LogP contribution in [0.2, 0.25) is 0 Å². The van der Waals surface area contributed by atoms with Crippen LogP contribution >= 0.6 is 22.7 Å². The molecule has 0 aromatic carbocycles. The van der Waals surface area contributed by atoms with E-state index >= 15 is 0 Å². The summed E-state index contributed by atoms with van der Waals surface area (Å²) in [6.45, 7) is 0.403. The van der Waals surface area contributed by atoms with Crippen molar-refractivity contribution in [2.24, 2.45) is 5.73 Å². The predicted molar refractivity (Wildman–Crippen MR) is 65.4 cm³/mol. The van der Waals surface area contributed by atoms with Gasteiger partial charge in [-0.05, 0) is 6.54 Å². The first kappa shape index (κ1) is 14.1. The summed E-state index contributed by atoms with van der Waals surface area (Å²) in [4.78, 5) is 19.1. The number of thiazole rings is 2. The highest BCUT2D eigenvalue weighted by atomic mass is 32.1. The highest BCUT2D eigenvalue weighted by Gasteiger charge is 2.35. The molecule has 0 aliphatic heterocycles. The van der Waals surface area contributed by atoms with E-state index in [0.717, 1.165) is 6.20 Å². The van der Waals surface area contributed by atoms with E-state index in [0.29, 0.717) is 29.3 Å². The number of carbonyl (C=O) groups is 1. The Morgan fingerprint density at radius 1 is 1.42 bits per heavy atom. The maximum Gasteiger partial charge on any atom is 0.443 e. The largest absolute Gasteiger partial charge is 0.443 e. The fourth-order valence-corrected chi connectivity index (χ4v) is 2.82. The molecule has 0 spiro atoms. The van der Waals surface area contributed by atoms with Gasteiger partial charge < -0.3 is 5.73 Å². The normalized spacial score (nSPS) is 11.8. The monoisotopic (exact) mass is 307 g/mol.